The number of hydrogen-bond donors (Lipinski definition) is 3. The van der Waals surface area contributed by atoms with Gasteiger partial charge in [-0.15, -0.1) is 0 Å². The molecule has 0 saturated carbocycles. The third-order valence-corrected chi connectivity index (χ3v) is 4.58. The molecule has 3 aromatic carbocycles. The Kier molecular flexibility index (Phi) is 7.73. The first-order valence-electron chi connectivity index (χ1n) is 9.83. The van der Waals surface area contributed by atoms with Crippen molar-refractivity contribution in [1.29, 1.82) is 0 Å². The van der Waals surface area contributed by atoms with Crippen LogP contribution in [0.5, 0.6) is 5.75 Å². The lowest BCUT2D eigenvalue weighted by Gasteiger charge is -2.14. The van der Waals surface area contributed by atoms with Gasteiger partial charge in [-0.3, -0.25) is 14.9 Å². The second kappa shape index (κ2) is 10.9. The molecule has 0 spiro atoms. The fourth-order valence-electron chi connectivity index (χ4n) is 2.92. The number of hydrogen-bond acceptors (Lipinski definition) is 4. The van der Waals surface area contributed by atoms with Crippen LogP contribution in [0, 0.1) is 0 Å². The van der Waals surface area contributed by atoms with E-state index in [0.717, 1.165) is 5.56 Å². The second-order valence-electron chi connectivity index (χ2n) is 6.55. The molecule has 0 bridgehead atoms. The molecule has 0 aliphatic rings. The van der Waals surface area contributed by atoms with E-state index in [9.17, 15) is 9.59 Å². The molecule has 0 aliphatic carbocycles. The Hall–Kier alpha value is -3.71. The van der Waals surface area contributed by atoms with E-state index in [4.69, 9.17) is 17.0 Å². The summed E-state index contributed by atoms with van der Waals surface area (Å²) in [6, 6.07) is 23.5. The molecular formula is C24H23N3O3S. The standard InChI is InChI=1S/C24H23N3O3S/c1-2-30-21-15-9-7-13-19(21)23(29)27-24(31)26-20-14-8-6-12-18(20)22(28)25-16-17-10-4-3-5-11-17/h3-15H,2,16H2,1H3,(H,25,28)(H2,26,27,29,31). The molecule has 7 heteroatoms. The van der Waals surface area contributed by atoms with Gasteiger partial charge >= 0.3 is 0 Å². The predicted octanol–water partition coefficient (Wildman–Crippen LogP) is 4.14. The molecular weight excluding hydrogens is 410 g/mol. The molecule has 2 amide bonds. The van der Waals surface area contributed by atoms with Crippen molar-refractivity contribution in [2.75, 3.05) is 11.9 Å². The third kappa shape index (κ3) is 6.13. The molecule has 31 heavy (non-hydrogen) atoms. The van der Waals surface area contributed by atoms with E-state index in [0.29, 0.717) is 35.7 Å². The summed E-state index contributed by atoms with van der Waals surface area (Å²) in [5.41, 5.74) is 2.29. The number of thiocarbonyl (C=S) groups is 1. The fourth-order valence-corrected chi connectivity index (χ4v) is 3.13. The van der Waals surface area contributed by atoms with E-state index < -0.39 is 5.91 Å². The average Bonchev–Trinajstić information content (AvgIpc) is 2.79. The fraction of sp³-hybridized carbons (Fsp3) is 0.125. The lowest BCUT2D eigenvalue weighted by molar-refractivity contribution is 0.0949. The smallest absolute Gasteiger partial charge is 0.261 e. The molecule has 0 radical (unpaired) electrons. The Labute approximate surface area is 186 Å². The highest BCUT2D eigenvalue weighted by Gasteiger charge is 2.15. The van der Waals surface area contributed by atoms with Gasteiger partial charge in [-0.2, -0.15) is 0 Å². The lowest BCUT2D eigenvalue weighted by atomic mass is 10.1. The van der Waals surface area contributed by atoms with Crippen LogP contribution in [-0.2, 0) is 6.54 Å². The minimum atomic E-state index is -0.396. The molecule has 0 aliphatic heterocycles. The summed E-state index contributed by atoms with van der Waals surface area (Å²) in [6.07, 6.45) is 0. The van der Waals surface area contributed by atoms with Crippen LogP contribution in [0.1, 0.15) is 33.2 Å². The van der Waals surface area contributed by atoms with E-state index in [1.54, 1.807) is 48.5 Å². The average molecular weight is 434 g/mol. The van der Waals surface area contributed by atoms with E-state index in [2.05, 4.69) is 16.0 Å². The predicted molar refractivity (Wildman–Crippen MR) is 125 cm³/mol. The minimum absolute atomic E-state index is 0.0830. The normalized spacial score (nSPS) is 10.1. The Balaban J connectivity index is 1.65. The summed E-state index contributed by atoms with van der Waals surface area (Å²) in [5.74, 6) is -0.165. The second-order valence-corrected chi connectivity index (χ2v) is 6.96. The summed E-state index contributed by atoms with van der Waals surface area (Å²) in [4.78, 5) is 25.3. The van der Waals surface area contributed by atoms with Crippen molar-refractivity contribution in [2.45, 2.75) is 13.5 Å². The Morgan fingerprint density at radius 2 is 1.48 bits per heavy atom. The zero-order chi connectivity index (χ0) is 22.1. The number of benzene rings is 3. The molecule has 0 unspecified atom stereocenters. The Morgan fingerprint density at radius 3 is 2.23 bits per heavy atom. The number of rotatable bonds is 7. The number of anilines is 1. The van der Waals surface area contributed by atoms with E-state index in [1.165, 1.54) is 0 Å². The zero-order valence-electron chi connectivity index (χ0n) is 17.1. The van der Waals surface area contributed by atoms with Gasteiger partial charge in [0.25, 0.3) is 11.8 Å². The van der Waals surface area contributed by atoms with Gasteiger partial charge in [-0.1, -0.05) is 54.6 Å². The first-order chi connectivity index (χ1) is 15.1. The summed E-state index contributed by atoms with van der Waals surface area (Å²) in [7, 11) is 0. The van der Waals surface area contributed by atoms with Crippen molar-refractivity contribution in [3.8, 4) is 5.75 Å². The maximum absolute atomic E-state index is 12.7. The van der Waals surface area contributed by atoms with Gasteiger partial charge in [-0.05, 0) is 49.0 Å². The van der Waals surface area contributed by atoms with Gasteiger partial charge in [0, 0.05) is 6.54 Å². The van der Waals surface area contributed by atoms with Gasteiger partial charge < -0.3 is 15.4 Å². The topological polar surface area (TPSA) is 79.5 Å². The van der Waals surface area contributed by atoms with Gasteiger partial charge in [0.15, 0.2) is 5.11 Å². The molecule has 158 valence electrons. The Morgan fingerprint density at radius 1 is 0.839 bits per heavy atom. The minimum Gasteiger partial charge on any atom is -0.493 e. The highest BCUT2D eigenvalue weighted by Crippen LogP contribution is 2.18. The van der Waals surface area contributed by atoms with Gasteiger partial charge in [0.2, 0.25) is 0 Å². The number of carbonyl (C=O) groups excluding carboxylic acids is 2. The SMILES string of the molecule is CCOc1ccccc1C(=O)NC(=S)Nc1ccccc1C(=O)NCc1ccccc1. The van der Waals surface area contributed by atoms with Crippen molar-refractivity contribution in [1.82, 2.24) is 10.6 Å². The summed E-state index contributed by atoms with van der Waals surface area (Å²) in [5, 5.41) is 8.55. The quantitative estimate of drug-likeness (QED) is 0.488. The van der Waals surface area contributed by atoms with E-state index in [-0.39, 0.29) is 11.0 Å². The van der Waals surface area contributed by atoms with Crippen molar-refractivity contribution in [3.63, 3.8) is 0 Å². The molecule has 6 nitrogen and oxygen atoms in total. The van der Waals surface area contributed by atoms with Crippen LogP contribution in [0.2, 0.25) is 0 Å². The van der Waals surface area contributed by atoms with Crippen molar-refractivity contribution < 1.29 is 14.3 Å². The molecule has 0 aromatic heterocycles. The van der Waals surface area contributed by atoms with Crippen molar-refractivity contribution in [3.05, 3.63) is 95.6 Å². The molecule has 3 aromatic rings. The highest BCUT2D eigenvalue weighted by molar-refractivity contribution is 7.80. The van der Waals surface area contributed by atoms with Crippen LogP contribution in [0.3, 0.4) is 0 Å². The summed E-state index contributed by atoms with van der Waals surface area (Å²) < 4.78 is 5.49. The number of amides is 2. The van der Waals surface area contributed by atoms with Gasteiger partial charge in [-0.25, -0.2) is 0 Å². The molecule has 0 fully saturated rings. The molecule has 3 N–H and O–H groups in total. The monoisotopic (exact) mass is 433 g/mol. The van der Waals surface area contributed by atoms with E-state index >= 15 is 0 Å². The molecule has 0 heterocycles. The number of nitrogens with one attached hydrogen (secondary N) is 3. The summed E-state index contributed by atoms with van der Waals surface area (Å²) in [6.45, 7) is 2.70. The third-order valence-electron chi connectivity index (χ3n) is 4.37. The highest BCUT2D eigenvalue weighted by atomic mass is 32.1. The van der Waals surface area contributed by atoms with Crippen LogP contribution in [-0.4, -0.2) is 23.5 Å². The number of para-hydroxylation sites is 2. The van der Waals surface area contributed by atoms with Crippen molar-refractivity contribution in [2.24, 2.45) is 0 Å². The van der Waals surface area contributed by atoms with Gasteiger partial charge in [0.1, 0.15) is 5.75 Å². The van der Waals surface area contributed by atoms with Crippen LogP contribution < -0.4 is 20.7 Å². The number of carbonyl (C=O) groups is 2. The molecule has 3 rings (SSSR count). The van der Waals surface area contributed by atoms with Crippen molar-refractivity contribution >= 4 is 34.8 Å². The summed E-state index contributed by atoms with van der Waals surface area (Å²) >= 11 is 5.29. The van der Waals surface area contributed by atoms with Crippen LogP contribution in [0.15, 0.2) is 78.9 Å². The largest absolute Gasteiger partial charge is 0.493 e. The maximum atomic E-state index is 12.7. The Bertz CT molecular complexity index is 1070. The first-order valence-corrected chi connectivity index (χ1v) is 10.2. The van der Waals surface area contributed by atoms with Crippen LogP contribution >= 0.6 is 12.2 Å². The van der Waals surface area contributed by atoms with E-state index in [1.807, 2.05) is 37.3 Å². The van der Waals surface area contributed by atoms with Gasteiger partial charge in [0.05, 0.1) is 23.4 Å². The van der Waals surface area contributed by atoms with Crippen LogP contribution in [0.4, 0.5) is 5.69 Å². The molecule has 0 atom stereocenters. The zero-order valence-corrected chi connectivity index (χ0v) is 17.9. The molecule has 0 saturated heterocycles. The maximum Gasteiger partial charge on any atom is 0.261 e. The number of ether oxygens (including phenoxy) is 1. The first kappa shape index (κ1) is 22.0. The lowest BCUT2D eigenvalue weighted by Crippen LogP contribution is -2.35. The van der Waals surface area contributed by atoms with Crippen LogP contribution in [0.25, 0.3) is 0 Å².